The third-order valence-corrected chi connectivity index (χ3v) is 6.65. The van der Waals surface area contributed by atoms with Gasteiger partial charge in [-0.3, -0.25) is 0 Å². The van der Waals surface area contributed by atoms with E-state index in [0.29, 0.717) is 11.3 Å². The van der Waals surface area contributed by atoms with Gasteiger partial charge in [0.2, 0.25) is 0 Å². The molecule has 0 fully saturated rings. The Labute approximate surface area is 223 Å². The van der Waals surface area contributed by atoms with Crippen LogP contribution in [0, 0.1) is 0 Å². The number of ether oxygens (including phenoxy) is 3. The van der Waals surface area contributed by atoms with Crippen molar-refractivity contribution >= 4 is 16.7 Å². The summed E-state index contributed by atoms with van der Waals surface area (Å²) in [5, 5.41) is 2.03. The van der Waals surface area contributed by atoms with Crippen LogP contribution >= 0.6 is 0 Å². The molecule has 0 aromatic heterocycles. The summed E-state index contributed by atoms with van der Waals surface area (Å²) < 4.78 is 17.5. The Kier molecular flexibility index (Phi) is 12.3. The molecule has 0 aliphatic carbocycles. The molecule has 3 aromatic carbocycles. The third kappa shape index (κ3) is 10.1. The van der Waals surface area contributed by atoms with Gasteiger partial charge in [0.05, 0.1) is 18.3 Å². The number of rotatable bonds is 17. The van der Waals surface area contributed by atoms with Crippen LogP contribution in [0.15, 0.2) is 60.7 Å². The van der Waals surface area contributed by atoms with Gasteiger partial charge in [0.25, 0.3) is 0 Å². The highest BCUT2D eigenvalue weighted by Gasteiger charge is 2.11. The highest BCUT2D eigenvalue weighted by atomic mass is 16.5. The van der Waals surface area contributed by atoms with Gasteiger partial charge in [-0.05, 0) is 85.5 Å². The number of unbranched alkanes of at least 4 members (excludes halogenated alkanes) is 8. The zero-order valence-corrected chi connectivity index (χ0v) is 23.0. The second-order valence-electron chi connectivity index (χ2n) is 9.98. The Morgan fingerprint density at radius 2 is 1.27 bits per heavy atom. The first-order chi connectivity index (χ1) is 18.1. The molecule has 37 heavy (non-hydrogen) atoms. The molecule has 0 heterocycles. The molecular weight excluding hydrogens is 460 g/mol. The van der Waals surface area contributed by atoms with E-state index in [1.165, 1.54) is 57.8 Å². The number of fused-ring (bicyclic) bond motifs is 1. The van der Waals surface area contributed by atoms with E-state index >= 15 is 0 Å². The molecule has 3 aromatic rings. The van der Waals surface area contributed by atoms with E-state index in [9.17, 15) is 4.79 Å². The molecule has 0 aliphatic rings. The number of benzene rings is 3. The maximum absolute atomic E-state index is 12.7. The lowest BCUT2D eigenvalue weighted by atomic mass is 10.1. The Morgan fingerprint density at radius 3 is 2.03 bits per heavy atom. The summed E-state index contributed by atoms with van der Waals surface area (Å²) in [5.74, 6) is 1.80. The van der Waals surface area contributed by atoms with Crippen molar-refractivity contribution < 1.29 is 19.0 Å². The molecule has 0 radical (unpaired) electrons. The fraction of sp³-hybridized carbons (Fsp3) is 0.485. The minimum atomic E-state index is -0.372. The Balaban J connectivity index is 1.47. The normalized spacial score (nSPS) is 11.9. The number of carbonyl (C=O) groups is 1. The molecule has 0 unspecified atom stereocenters. The summed E-state index contributed by atoms with van der Waals surface area (Å²) in [6.07, 6.45) is 13.7. The maximum atomic E-state index is 12.7. The number of hydrogen-bond acceptors (Lipinski definition) is 4. The van der Waals surface area contributed by atoms with Crippen molar-refractivity contribution in [2.75, 3.05) is 6.61 Å². The predicted octanol–water partition coefficient (Wildman–Crippen LogP) is 9.54. The van der Waals surface area contributed by atoms with Crippen LogP contribution in [0.3, 0.4) is 0 Å². The summed E-state index contributed by atoms with van der Waals surface area (Å²) in [5.41, 5.74) is 0.522. The molecule has 0 amide bonds. The second kappa shape index (κ2) is 16.0. The van der Waals surface area contributed by atoms with Crippen LogP contribution in [0.2, 0.25) is 0 Å². The monoisotopic (exact) mass is 504 g/mol. The van der Waals surface area contributed by atoms with Gasteiger partial charge >= 0.3 is 5.97 Å². The average molecular weight is 505 g/mol. The minimum Gasteiger partial charge on any atom is -0.494 e. The van der Waals surface area contributed by atoms with Crippen molar-refractivity contribution in [3.8, 4) is 17.2 Å². The van der Waals surface area contributed by atoms with E-state index < -0.39 is 0 Å². The SMILES string of the molecule is CCCCCCCCOc1ccc2cc(C(=O)Oc3ccc(O[C@H](C)CCCCCC)cc3)ccc2c1. The van der Waals surface area contributed by atoms with Gasteiger partial charge in [-0.15, -0.1) is 0 Å². The Bertz CT molecular complexity index is 1070. The standard InChI is InChI=1S/C33H44O4/c1-4-6-8-10-11-13-23-35-32-18-17-27-24-29(16-15-28(27)25-32)33(34)37-31-21-19-30(20-22-31)36-26(3)14-12-9-7-5-2/h15-22,24-26H,4-14,23H2,1-3H3/t26-/m1/s1. The van der Waals surface area contributed by atoms with Crippen molar-refractivity contribution in [2.24, 2.45) is 0 Å². The van der Waals surface area contributed by atoms with Gasteiger partial charge in [0.1, 0.15) is 17.2 Å². The van der Waals surface area contributed by atoms with E-state index in [0.717, 1.165) is 41.7 Å². The summed E-state index contributed by atoms with van der Waals surface area (Å²) in [6.45, 7) is 7.30. The summed E-state index contributed by atoms with van der Waals surface area (Å²) >= 11 is 0. The van der Waals surface area contributed by atoms with Crippen LogP contribution in [0.1, 0.15) is 102 Å². The van der Waals surface area contributed by atoms with Crippen LogP contribution < -0.4 is 14.2 Å². The van der Waals surface area contributed by atoms with Crippen molar-refractivity contribution in [1.29, 1.82) is 0 Å². The van der Waals surface area contributed by atoms with Gasteiger partial charge in [0.15, 0.2) is 0 Å². The third-order valence-electron chi connectivity index (χ3n) is 6.65. The van der Waals surface area contributed by atoms with Gasteiger partial charge in [-0.2, -0.15) is 0 Å². The van der Waals surface area contributed by atoms with Crippen molar-refractivity contribution in [3.05, 3.63) is 66.2 Å². The first-order valence-corrected chi connectivity index (χ1v) is 14.2. The van der Waals surface area contributed by atoms with E-state index in [-0.39, 0.29) is 12.1 Å². The van der Waals surface area contributed by atoms with Gasteiger partial charge in [-0.1, -0.05) is 77.3 Å². The topological polar surface area (TPSA) is 44.8 Å². The lowest BCUT2D eigenvalue weighted by molar-refractivity contribution is 0.0734. The van der Waals surface area contributed by atoms with Crippen LogP contribution in [-0.4, -0.2) is 18.7 Å². The molecule has 1 atom stereocenters. The van der Waals surface area contributed by atoms with Gasteiger partial charge in [0, 0.05) is 0 Å². The van der Waals surface area contributed by atoms with Crippen LogP contribution in [0.5, 0.6) is 17.2 Å². The highest BCUT2D eigenvalue weighted by molar-refractivity contribution is 5.96. The van der Waals surface area contributed by atoms with E-state index in [2.05, 4.69) is 20.8 Å². The Hall–Kier alpha value is -3.01. The fourth-order valence-corrected chi connectivity index (χ4v) is 4.42. The quantitative estimate of drug-likeness (QED) is 0.104. The van der Waals surface area contributed by atoms with Crippen LogP contribution in [0.4, 0.5) is 0 Å². The summed E-state index contributed by atoms with van der Waals surface area (Å²) in [4.78, 5) is 12.7. The second-order valence-corrected chi connectivity index (χ2v) is 9.98. The number of hydrogen-bond donors (Lipinski definition) is 0. The molecule has 0 saturated carbocycles. The average Bonchev–Trinajstić information content (AvgIpc) is 2.91. The Morgan fingerprint density at radius 1 is 0.676 bits per heavy atom. The zero-order chi connectivity index (χ0) is 26.3. The number of carbonyl (C=O) groups excluding carboxylic acids is 1. The van der Waals surface area contributed by atoms with Crippen molar-refractivity contribution in [2.45, 2.75) is 97.5 Å². The minimum absolute atomic E-state index is 0.171. The zero-order valence-electron chi connectivity index (χ0n) is 23.0. The predicted molar refractivity (Wildman–Crippen MR) is 153 cm³/mol. The lowest BCUT2D eigenvalue weighted by Crippen LogP contribution is -2.11. The molecule has 0 N–H and O–H groups in total. The molecular formula is C33H44O4. The molecule has 4 nitrogen and oxygen atoms in total. The molecule has 0 bridgehead atoms. The molecule has 0 spiro atoms. The van der Waals surface area contributed by atoms with Gasteiger partial charge in [-0.25, -0.2) is 4.79 Å². The van der Waals surface area contributed by atoms with E-state index in [4.69, 9.17) is 14.2 Å². The molecule has 4 heteroatoms. The number of esters is 1. The molecule has 0 aliphatic heterocycles. The highest BCUT2D eigenvalue weighted by Crippen LogP contribution is 2.24. The van der Waals surface area contributed by atoms with Crippen molar-refractivity contribution in [3.63, 3.8) is 0 Å². The van der Waals surface area contributed by atoms with E-state index in [1.807, 2.05) is 42.5 Å². The first-order valence-electron chi connectivity index (χ1n) is 14.2. The molecule has 0 saturated heterocycles. The largest absolute Gasteiger partial charge is 0.494 e. The van der Waals surface area contributed by atoms with E-state index in [1.54, 1.807) is 18.2 Å². The summed E-state index contributed by atoms with van der Waals surface area (Å²) in [7, 11) is 0. The summed E-state index contributed by atoms with van der Waals surface area (Å²) in [6, 6.07) is 18.9. The van der Waals surface area contributed by atoms with Crippen LogP contribution in [0.25, 0.3) is 10.8 Å². The van der Waals surface area contributed by atoms with Crippen molar-refractivity contribution in [1.82, 2.24) is 0 Å². The maximum Gasteiger partial charge on any atom is 0.343 e. The van der Waals surface area contributed by atoms with Gasteiger partial charge < -0.3 is 14.2 Å². The molecule has 200 valence electrons. The fourth-order valence-electron chi connectivity index (χ4n) is 4.42. The smallest absolute Gasteiger partial charge is 0.343 e. The van der Waals surface area contributed by atoms with Crippen LogP contribution in [-0.2, 0) is 0 Å². The first kappa shape index (κ1) is 28.6. The lowest BCUT2D eigenvalue weighted by Gasteiger charge is -2.15. The molecule has 3 rings (SSSR count).